The van der Waals surface area contributed by atoms with Crippen LogP contribution < -0.4 is 10.1 Å². The lowest BCUT2D eigenvalue weighted by Crippen LogP contribution is -2.13. The molecule has 0 atom stereocenters. The standard InChI is InChI=1S/C19H22ClNO3/c1-4-23-12-15-11-14(9-10-18(15)24-5-2)19(22)21-17-8-6-7-16(20)13(17)3/h6-11H,4-5,12H2,1-3H3,(H,21,22). The van der Waals surface area contributed by atoms with Crippen LogP contribution in [0, 0.1) is 6.92 Å². The monoisotopic (exact) mass is 347 g/mol. The van der Waals surface area contributed by atoms with Gasteiger partial charge in [-0.05, 0) is 56.7 Å². The Balaban J connectivity index is 2.23. The molecule has 1 amide bonds. The van der Waals surface area contributed by atoms with Gasteiger partial charge in [-0.15, -0.1) is 0 Å². The van der Waals surface area contributed by atoms with Crippen LogP contribution >= 0.6 is 11.6 Å². The zero-order valence-corrected chi connectivity index (χ0v) is 14.9. The highest BCUT2D eigenvalue weighted by molar-refractivity contribution is 6.31. The molecule has 2 rings (SSSR count). The van der Waals surface area contributed by atoms with Crippen molar-refractivity contribution in [3.05, 3.63) is 58.1 Å². The zero-order chi connectivity index (χ0) is 17.5. The molecular weight excluding hydrogens is 326 g/mol. The smallest absolute Gasteiger partial charge is 0.255 e. The number of halogens is 1. The molecule has 0 unspecified atom stereocenters. The van der Waals surface area contributed by atoms with E-state index in [1.807, 2.05) is 32.9 Å². The first-order chi connectivity index (χ1) is 11.6. The van der Waals surface area contributed by atoms with Gasteiger partial charge in [0.15, 0.2) is 0 Å². The molecule has 0 aliphatic carbocycles. The first-order valence-corrected chi connectivity index (χ1v) is 8.34. The van der Waals surface area contributed by atoms with E-state index in [0.717, 1.165) is 16.9 Å². The number of nitrogens with one attached hydrogen (secondary N) is 1. The first-order valence-electron chi connectivity index (χ1n) is 7.96. The molecule has 0 aliphatic heterocycles. The molecule has 0 aromatic heterocycles. The summed E-state index contributed by atoms with van der Waals surface area (Å²) in [5.74, 6) is 0.544. The van der Waals surface area contributed by atoms with Gasteiger partial charge in [-0.3, -0.25) is 4.79 Å². The van der Waals surface area contributed by atoms with Crippen molar-refractivity contribution < 1.29 is 14.3 Å². The number of carbonyl (C=O) groups excluding carboxylic acids is 1. The summed E-state index contributed by atoms with van der Waals surface area (Å²) in [6.07, 6.45) is 0. The van der Waals surface area contributed by atoms with Crippen molar-refractivity contribution in [3.63, 3.8) is 0 Å². The third-order valence-corrected chi connectivity index (χ3v) is 4.01. The van der Waals surface area contributed by atoms with E-state index in [1.165, 1.54) is 0 Å². The molecule has 0 fully saturated rings. The lowest BCUT2D eigenvalue weighted by Gasteiger charge is -2.13. The lowest BCUT2D eigenvalue weighted by molar-refractivity contribution is 0.102. The molecule has 0 bridgehead atoms. The minimum Gasteiger partial charge on any atom is -0.494 e. The summed E-state index contributed by atoms with van der Waals surface area (Å²) in [5.41, 5.74) is 2.95. The number of rotatable bonds is 7. The molecule has 0 spiro atoms. The van der Waals surface area contributed by atoms with Gasteiger partial charge in [-0.2, -0.15) is 0 Å². The summed E-state index contributed by atoms with van der Waals surface area (Å²) in [6, 6.07) is 10.8. The van der Waals surface area contributed by atoms with Gasteiger partial charge in [0.1, 0.15) is 5.75 Å². The van der Waals surface area contributed by atoms with Gasteiger partial charge in [0.05, 0.1) is 13.2 Å². The molecule has 0 aliphatic rings. The fourth-order valence-corrected chi connectivity index (χ4v) is 2.45. The average Bonchev–Trinajstić information content (AvgIpc) is 2.58. The van der Waals surface area contributed by atoms with Crippen LogP contribution in [0.1, 0.15) is 35.3 Å². The Morgan fingerprint density at radius 1 is 1.17 bits per heavy atom. The summed E-state index contributed by atoms with van der Waals surface area (Å²) in [4.78, 5) is 12.5. The number of hydrogen-bond acceptors (Lipinski definition) is 3. The highest BCUT2D eigenvalue weighted by Crippen LogP contribution is 2.25. The van der Waals surface area contributed by atoms with E-state index in [-0.39, 0.29) is 5.91 Å². The fourth-order valence-electron chi connectivity index (χ4n) is 2.28. The number of hydrogen-bond donors (Lipinski definition) is 1. The Bertz CT molecular complexity index is 716. The lowest BCUT2D eigenvalue weighted by atomic mass is 10.1. The van der Waals surface area contributed by atoms with Gasteiger partial charge in [-0.1, -0.05) is 17.7 Å². The molecule has 5 heteroatoms. The first kappa shape index (κ1) is 18.3. The van der Waals surface area contributed by atoms with Gasteiger partial charge in [0.2, 0.25) is 0 Å². The van der Waals surface area contributed by atoms with Crippen molar-refractivity contribution in [3.8, 4) is 5.75 Å². The summed E-state index contributed by atoms with van der Waals surface area (Å²) in [6.45, 7) is 7.29. The van der Waals surface area contributed by atoms with Crippen molar-refractivity contribution in [2.75, 3.05) is 18.5 Å². The number of benzene rings is 2. The second-order valence-electron chi connectivity index (χ2n) is 5.26. The van der Waals surface area contributed by atoms with E-state index in [9.17, 15) is 4.79 Å². The second-order valence-corrected chi connectivity index (χ2v) is 5.67. The van der Waals surface area contributed by atoms with E-state index < -0.39 is 0 Å². The molecule has 2 aromatic carbocycles. The van der Waals surface area contributed by atoms with Crippen LogP contribution in [0.15, 0.2) is 36.4 Å². The molecule has 0 radical (unpaired) electrons. The van der Waals surface area contributed by atoms with Crippen LogP contribution in [0.5, 0.6) is 5.75 Å². The fraction of sp³-hybridized carbons (Fsp3) is 0.316. The third-order valence-electron chi connectivity index (χ3n) is 3.60. The Kier molecular flexibility index (Phi) is 6.64. The molecule has 24 heavy (non-hydrogen) atoms. The minimum absolute atomic E-state index is 0.193. The predicted molar refractivity (Wildman–Crippen MR) is 97.1 cm³/mol. The van der Waals surface area contributed by atoms with Crippen LogP contribution in [0.3, 0.4) is 0 Å². The molecule has 0 saturated carbocycles. The molecule has 1 N–H and O–H groups in total. The van der Waals surface area contributed by atoms with E-state index in [1.54, 1.807) is 24.3 Å². The van der Waals surface area contributed by atoms with Crippen LogP contribution in [0.2, 0.25) is 5.02 Å². The molecular formula is C19H22ClNO3. The van der Waals surface area contributed by atoms with E-state index in [4.69, 9.17) is 21.1 Å². The Morgan fingerprint density at radius 3 is 2.67 bits per heavy atom. The normalized spacial score (nSPS) is 10.5. The van der Waals surface area contributed by atoms with Crippen molar-refractivity contribution >= 4 is 23.2 Å². The summed E-state index contributed by atoms with van der Waals surface area (Å²) in [7, 11) is 0. The number of amides is 1. The van der Waals surface area contributed by atoms with E-state index >= 15 is 0 Å². The average molecular weight is 348 g/mol. The topological polar surface area (TPSA) is 47.6 Å². The SMILES string of the molecule is CCOCc1cc(C(=O)Nc2cccc(Cl)c2C)ccc1OCC. The zero-order valence-electron chi connectivity index (χ0n) is 14.2. The maximum Gasteiger partial charge on any atom is 0.255 e. The van der Waals surface area contributed by atoms with Gasteiger partial charge in [0.25, 0.3) is 5.91 Å². The second kappa shape index (κ2) is 8.71. The van der Waals surface area contributed by atoms with Crippen LogP contribution in [-0.4, -0.2) is 19.1 Å². The highest BCUT2D eigenvalue weighted by Gasteiger charge is 2.12. The minimum atomic E-state index is -0.193. The number of ether oxygens (including phenoxy) is 2. The van der Waals surface area contributed by atoms with Gasteiger partial charge >= 0.3 is 0 Å². The summed E-state index contributed by atoms with van der Waals surface area (Å²) in [5, 5.41) is 3.52. The van der Waals surface area contributed by atoms with Gasteiger partial charge in [0, 0.05) is 28.4 Å². The van der Waals surface area contributed by atoms with Crippen molar-refractivity contribution in [2.45, 2.75) is 27.4 Å². The van der Waals surface area contributed by atoms with E-state index in [2.05, 4.69) is 5.32 Å². The maximum atomic E-state index is 12.5. The van der Waals surface area contributed by atoms with Gasteiger partial charge < -0.3 is 14.8 Å². The summed E-state index contributed by atoms with van der Waals surface area (Å²) >= 11 is 6.10. The van der Waals surface area contributed by atoms with Crippen molar-refractivity contribution in [2.24, 2.45) is 0 Å². The van der Waals surface area contributed by atoms with Crippen molar-refractivity contribution in [1.29, 1.82) is 0 Å². The Morgan fingerprint density at radius 2 is 1.96 bits per heavy atom. The van der Waals surface area contributed by atoms with Crippen LogP contribution in [0.4, 0.5) is 5.69 Å². The van der Waals surface area contributed by atoms with Crippen LogP contribution in [-0.2, 0) is 11.3 Å². The number of anilines is 1. The van der Waals surface area contributed by atoms with Gasteiger partial charge in [-0.25, -0.2) is 0 Å². The molecule has 2 aromatic rings. The molecule has 128 valence electrons. The summed E-state index contributed by atoms with van der Waals surface area (Å²) < 4.78 is 11.1. The van der Waals surface area contributed by atoms with E-state index in [0.29, 0.717) is 36.1 Å². The number of carbonyl (C=O) groups is 1. The third kappa shape index (κ3) is 4.49. The largest absolute Gasteiger partial charge is 0.494 e. The Labute approximate surface area is 147 Å². The highest BCUT2D eigenvalue weighted by atomic mass is 35.5. The predicted octanol–water partition coefficient (Wildman–Crippen LogP) is 4.84. The molecule has 4 nitrogen and oxygen atoms in total. The Hall–Kier alpha value is -2.04. The van der Waals surface area contributed by atoms with Crippen LogP contribution in [0.25, 0.3) is 0 Å². The quantitative estimate of drug-likeness (QED) is 0.779. The maximum absolute atomic E-state index is 12.5. The molecule has 0 heterocycles. The van der Waals surface area contributed by atoms with Crippen molar-refractivity contribution in [1.82, 2.24) is 0 Å². The molecule has 0 saturated heterocycles.